The summed E-state index contributed by atoms with van der Waals surface area (Å²) >= 11 is 0. The van der Waals surface area contributed by atoms with Gasteiger partial charge in [0.25, 0.3) is 0 Å². The predicted molar refractivity (Wildman–Crippen MR) is 47.7 cm³/mol. The summed E-state index contributed by atoms with van der Waals surface area (Å²) in [5.41, 5.74) is 3.29. The summed E-state index contributed by atoms with van der Waals surface area (Å²) in [5, 5.41) is 0. The highest BCUT2D eigenvalue weighted by Gasteiger charge is 2.49. The average Bonchev–Trinajstić information content (AvgIpc) is 2.02. The van der Waals surface area contributed by atoms with E-state index in [1.165, 1.54) is 18.2 Å². The van der Waals surface area contributed by atoms with E-state index in [4.69, 9.17) is 5.73 Å². The molecule has 14 heavy (non-hydrogen) atoms. The minimum atomic E-state index is -4.33. The number of aromatic nitrogens is 1. The van der Waals surface area contributed by atoms with Crippen LogP contribution in [0.25, 0.3) is 0 Å². The molecule has 0 aromatic carbocycles. The van der Waals surface area contributed by atoms with Crippen molar-refractivity contribution in [2.24, 2.45) is 0 Å². The number of rotatable bonds is 1. The van der Waals surface area contributed by atoms with Crippen molar-refractivity contribution in [3.63, 3.8) is 0 Å². The Morgan fingerprint density at radius 2 is 1.79 bits per heavy atom. The summed E-state index contributed by atoms with van der Waals surface area (Å²) in [6.07, 6.45) is -4.33. The summed E-state index contributed by atoms with van der Waals surface area (Å²) in [6.45, 7) is 2.16. The van der Waals surface area contributed by atoms with Gasteiger partial charge in [-0.05, 0) is 26.0 Å². The van der Waals surface area contributed by atoms with Crippen molar-refractivity contribution in [1.29, 1.82) is 0 Å². The fourth-order valence-corrected chi connectivity index (χ4v) is 0.945. The van der Waals surface area contributed by atoms with E-state index in [0.29, 0.717) is 0 Å². The Morgan fingerprint density at radius 1 is 1.21 bits per heavy atom. The second-order valence-corrected chi connectivity index (χ2v) is 3.57. The lowest BCUT2D eigenvalue weighted by atomic mass is 9.88. The molecule has 1 rings (SSSR count). The molecule has 78 valence electrons. The molecule has 0 aliphatic heterocycles. The minimum absolute atomic E-state index is 0.0648. The lowest BCUT2D eigenvalue weighted by Crippen LogP contribution is -2.37. The predicted octanol–water partition coefficient (Wildman–Crippen LogP) is 2.50. The maximum atomic E-state index is 12.6. The zero-order valence-electron chi connectivity index (χ0n) is 7.89. The first-order valence-electron chi connectivity index (χ1n) is 4.05. The summed E-state index contributed by atoms with van der Waals surface area (Å²) in [6, 6.07) is 4.24. The zero-order chi connectivity index (χ0) is 11.0. The fraction of sp³-hybridized carbons (Fsp3) is 0.444. The Labute approximate surface area is 79.9 Å². The monoisotopic (exact) mass is 204 g/mol. The molecule has 1 aromatic rings. The van der Waals surface area contributed by atoms with Gasteiger partial charge in [0.2, 0.25) is 0 Å². The molecular formula is C9H11F3N2. The number of alkyl halides is 3. The molecule has 1 heterocycles. The first-order valence-corrected chi connectivity index (χ1v) is 4.05. The van der Waals surface area contributed by atoms with Crippen LogP contribution in [0.3, 0.4) is 0 Å². The minimum Gasteiger partial charge on any atom is -0.384 e. The average molecular weight is 204 g/mol. The van der Waals surface area contributed by atoms with E-state index in [1.807, 2.05) is 0 Å². The molecule has 1 aromatic heterocycles. The number of hydrogen-bond acceptors (Lipinski definition) is 2. The normalized spacial score (nSPS) is 12.9. The van der Waals surface area contributed by atoms with Crippen LogP contribution < -0.4 is 5.73 Å². The molecule has 0 radical (unpaired) electrons. The molecule has 0 atom stereocenters. The Morgan fingerprint density at radius 3 is 2.21 bits per heavy atom. The van der Waals surface area contributed by atoms with Crippen molar-refractivity contribution >= 4 is 5.82 Å². The van der Waals surface area contributed by atoms with E-state index in [2.05, 4.69) is 4.98 Å². The first kappa shape index (κ1) is 10.8. The van der Waals surface area contributed by atoms with E-state index >= 15 is 0 Å². The van der Waals surface area contributed by atoms with E-state index in [9.17, 15) is 13.2 Å². The van der Waals surface area contributed by atoms with Crippen LogP contribution in [0.1, 0.15) is 19.5 Å². The maximum Gasteiger partial charge on any atom is 0.399 e. The number of pyridine rings is 1. The van der Waals surface area contributed by atoms with Gasteiger partial charge < -0.3 is 5.73 Å². The molecule has 0 spiro atoms. The van der Waals surface area contributed by atoms with Gasteiger partial charge in [-0.3, -0.25) is 0 Å². The van der Waals surface area contributed by atoms with Crippen LogP contribution in [0.5, 0.6) is 0 Å². The summed E-state index contributed by atoms with van der Waals surface area (Å²) in [7, 11) is 0. The fourth-order valence-electron chi connectivity index (χ4n) is 0.945. The Hall–Kier alpha value is -1.26. The van der Waals surface area contributed by atoms with E-state index in [-0.39, 0.29) is 11.5 Å². The van der Waals surface area contributed by atoms with Gasteiger partial charge in [0.1, 0.15) is 11.2 Å². The largest absolute Gasteiger partial charge is 0.399 e. The molecular weight excluding hydrogens is 193 g/mol. The van der Waals surface area contributed by atoms with Crippen LogP contribution in [-0.2, 0) is 5.41 Å². The van der Waals surface area contributed by atoms with Crippen LogP contribution in [0.4, 0.5) is 19.0 Å². The van der Waals surface area contributed by atoms with Gasteiger partial charge in [-0.1, -0.05) is 6.07 Å². The van der Waals surface area contributed by atoms with Crippen molar-refractivity contribution in [2.75, 3.05) is 5.73 Å². The van der Waals surface area contributed by atoms with Crippen molar-refractivity contribution in [1.82, 2.24) is 4.98 Å². The molecule has 0 bridgehead atoms. The highest BCUT2D eigenvalue weighted by atomic mass is 19.4. The van der Waals surface area contributed by atoms with Gasteiger partial charge in [-0.25, -0.2) is 4.98 Å². The van der Waals surface area contributed by atoms with Crippen molar-refractivity contribution < 1.29 is 13.2 Å². The van der Waals surface area contributed by atoms with Crippen molar-refractivity contribution in [3.8, 4) is 0 Å². The Bertz CT molecular complexity index is 331. The standard InChI is InChI=1S/C9H11F3N2/c1-8(2,9(10,11)12)6-4-3-5-7(13)14-6/h3-5H,1-2H3,(H2,13,14). The molecule has 0 saturated heterocycles. The molecule has 0 unspecified atom stereocenters. The summed E-state index contributed by atoms with van der Waals surface area (Å²) < 4.78 is 37.7. The van der Waals surface area contributed by atoms with Crippen molar-refractivity contribution in [3.05, 3.63) is 23.9 Å². The molecule has 0 aliphatic carbocycles. The summed E-state index contributed by atoms with van der Waals surface area (Å²) in [4.78, 5) is 3.67. The van der Waals surface area contributed by atoms with E-state index in [0.717, 1.165) is 13.8 Å². The number of hydrogen-bond donors (Lipinski definition) is 1. The number of halogens is 3. The highest BCUT2D eigenvalue weighted by molar-refractivity contribution is 5.32. The van der Waals surface area contributed by atoms with Crippen LogP contribution in [0.15, 0.2) is 18.2 Å². The van der Waals surface area contributed by atoms with Gasteiger partial charge in [0.15, 0.2) is 0 Å². The van der Waals surface area contributed by atoms with Gasteiger partial charge in [-0.2, -0.15) is 13.2 Å². The molecule has 5 heteroatoms. The van der Waals surface area contributed by atoms with Gasteiger partial charge in [0, 0.05) is 0 Å². The van der Waals surface area contributed by atoms with E-state index < -0.39 is 11.6 Å². The van der Waals surface area contributed by atoms with Gasteiger partial charge in [0.05, 0.1) is 5.69 Å². The lowest BCUT2D eigenvalue weighted by molar-refractivity contribution is -0.181. The van der Waals surface area contributed by atoms with Crippen LogP contribution >= 0.6 is 0 Å². The molecule has 0 fully saturated rings. The van der Waals surface area contributed by atoms with Gasteiger partial charge in [-0.15, -0.1) is 0 Å². The second kappa shape index (κ2) is 3.15. The molecule has 0 saturated carbocycles. The smallest absolute Gasteiger partial charge is 0.384 e. The topological polar surface area (TPSA) is 38.9 Å². The second-order valence-electron chi connectivity index (χ2n) is 3.57. The van der Waals surface area contributed by atoms with Crippen LogP contribution in [-0.4, -0.2) is 11.2 Å². The third-order valence-electron chi connectivity index (χ3n) is 2.12. The highest BCUT2D eigenvalue weighted by Crippen LogP contribution is 2.39. The van der Waals surface area contributed by atoms with Crippen LogP contribution in [0, 0.1) is 0 Å². The molecule has 2 nitrogen and oxygen atoms in total. The maximum absolute atomic E-state index is 12.6. The van der Waals surface area contributed by atoms with Crippen molar-refractivity contribution in [2.45, 2.75) is 25.4 Å². The summed E-state index contributed by atoms with van der Waals surface area (Å²) in [5.74, 6) is 0.0971. The third-order valence-corrected chi connectivity index (χ3v) is 2.12. The number of nitrogen functional groups attached to an aromatic ring is 1. The number of nitrogens with two attached hydrogens (primary N) is 1. The lowest BCUT2D eigenvalue weighted by Gasteiger charge is -2.27. The Balaban J connectivity index is 3.16. The van der Waals surface area contributed by atoms with Gasteiger partial charge >= 0.3 is 6.18 Å². The zero-order valence-corrected chi connectivity index (χ0v) is 7.89. The Kier molecular flexibility index (Phi) is 2.43. The van der Waals surface area contributed by atoms with E-state index in [1.54, 1.807) is 0 Å². The number of nitrogens with zero attached hydrogens (tertiary/aromatic N) is 1. The molecule has 0 amide bonds. The molecule has 2 N–H and O–H groups in total. The third kappa shape index (κ3) is 1.81. The molecule has 0 aliphatic rings. The first-order chi connectivity index (χ1) is 6.25. The quantitative estimate of drug-likeness (QED) is 0.763. The SMILES string of the molecule is CC(C)(c1cccc(N)n1)C(F)(F)F. The van der Waals surface area contributed by atoms with Crippen LogP contribution in [0.2, 0.25) is 0 Å². The number of anilines is 1.